The molecule has 0 aromatic heterocycles. The molecule has 4 aliphatic carbocycles. The number of rotatable bonds is 8. The van der Waals surface area contributed by atoms with E-state index in [4.69, 9.17) is 0 Å². The standard InChI is InChI=1S/C31H51NO3/c1-20(2)8-7-9-21(3)24-12-13-25-23-11-10-22-18-27(32-35)29(4,16-15-28(33)34)19-31(22,6)26(23)14-17-30(24,25)5/h10,20-21,23-26,35H,7-9,11-19H2,1-6H3,(H,33,34)/b32-27-/t21-,23+,24-,25+,26+,29-,30-,31+/m1/s1. The highest BCUT2D eigenvalue weighted by Gasteiger charge is 2.60. The Morgan fingerprint density at radius 1 is 1.11 bits per heavy atom. The lowest BCUT2D eigenvalue weighted by molar-refractivity contribution is -0.137. The van der Waals surface area contributed by atoms with Gasteiger partial charge in [0.15, 0.2) is 0 Å². The minimum atomic E-state index is -0.760. The summed E-state index contributed by atoms with van der Waals surface area (Å²) in [6.07, 6.45) is 15.5. The Bertz CT molecular complexity index is 861. The van der Waals surface area contributed by atoms with Crippen molar-refractivity contribution >= 4 is 11.7 Å². The molecule has 0 aromatic rings. The van der Waals surface area contributed by atoms with Crippen LogP contribution in [0.25, 0.3) is 0 Å². The van der Waals surface area contributed by atoms with E-state index in [1.807, 2.05) is 0 Å². The third-order valence-electron chi connectivity index (χ3n) is 11.6. The third-order valence-corrected chi connectivity index (χ3v) is 11.6. The lowest BCUT2D eigenvalue weighted by Crippen LogP contribution is -2.53. The monoisotopic (exact) mass is 485 g/mol. The molecule has 0 amide bonds. The van der Waals surface area contributed by atoms with Gasteiger partial charge in [-0.1, -0.05) is 77.6 Å². The van der Waals surface area contributed by atoms with Crippen LogP contribution in [0, 0.1) is 51.8 Å². The zero-order valence-electron chi connectivity index (χ0n) is 23.3. The van der Waals surface area contributed by atoms with Gasteiger partial charge in [0.25, 0.3) is 0 Å². The van der Waals surface area contributed by atoms with Crippen LogP contribution in [-0.2, 0) is 4.79 Å². The molecule has 4 heteroatoms. The van der Waals surface area contributed by atoms with E-state index in [1.54, 1.807) is 0 Å². The second kappa shape index (κ2) is 9.86. The third kappa shape index (κ3) is 4.73. The van der Waals surface area contributed by atoms with Gasteiger partial charge in [0, 0.05) is 18.3 Å². The van der Waals surface area contributed by atoms with Crippen LogP contribution in [-0.4, -0.2) is 22.0 Å². The van der Waals surface area contributed by atoms with Crippen LogP contribution in [0.4, 0.5) is 0 Å². The van der Waals surface area contributed by atoms with E-state index >= 15 is 0 Å². The molecule has 8 atom stereocenters. The number of hydrogen-bond donors (Lipinski definition) is 2. The van der Waals surface area contributed by atoms with Gasteiger partial charge in [0.2, 0.25) is 0 Å². The quantitative estimate of drug-likeness (QED) is 0.206. The number of hydrogen-bond acceptors (Lipinski definition) is 3. The number of allylic oxidation sites excluding steroid dienone is 2. The predicted octanol–water partition coefficient (Wildman–Crippen LogP) is 8.34. The fraction of sp³-hybridized carbons (Fsp3) is 0.871. The van der Waals surface area contributed by atoms with Gasteiger partial charge in [-0.2, -0.15) is 0 Å². The van der Waals surface area contributed by atoms with Gasteiger partial charge >= 0.3 is 5.97 Å². The summed E-state index contributed by atoms with van der Waals surface area (Å²) in [5.41, 5.74) is 2.47. The molecular weight excluding hydrogens is 434 g/mol. The molecule has 0 unspecified atom stereocenters. The Morgan fingerprint density at radius 2 is 1.86 bits per heavy atom. The zero-order valence-corrected chi connectivity index (χ0v) is 23.3. The fourth-order valence-electron chi connectivity index (χ4n) is 9.78. The summed E-state index contributed by atoms with van der Waals surface area (Å²) >= 11 is 0. The molecule has 0 bridgehead atoms. The molecule has 0 aliphatic heterocycles. The van der Waals surface area contributed by atoms with E-state index in [-0.39, 0.29) is 17.3 Å². The number of oxime groups is 1. The van der Waals surface area contributed by atoms with Gasteiger partial charge in [0.1, 0.15) is 0 Å². The highest BCUT2D eigenvalue weighted by Crippen LogP contribution is 2.68. The van der Waals surface area contributed by atoms with Crippen molar-refractivity contribution in [1.29, 1.82) is 0 Å². The number of nitrogens with zero attached hydrogens (tertiary/aromatic N) is 1. The second-order valence-corrected chi connectivity index (χ2v) is 14.1. The van der Waals surface area contributed by atoms with E-state index in [9.17, 15) is 15.1 Å². The van der Waals surface area contributed by atoms with Crippen LogP contribution in [0.15, 0.2) is 16.8 Å². The second-order valence-electron chi connectivity index (χ2n) is 14.1. The topological polar surface area (TPSA) is 69.9 Å². The molecule has 3 saturated carbocycles. The number of carbonyl (C=O) groups is 1. The predicted molar refractivity (Wildman–Crippen MR) is 143 cm³/mol. The number of aliphatic carboxylic acids is 1. The van der Waals surface area contributed by atoms with Crippen molar-refractivity contribution in [2.24, 2.45) is 56.9 Å². The molecule has 35 heavy (non-hydrogen) atoms. The maximum atomic E-state index is 11.4. The van der Waals surface area contributed by atoms with Crippen LogP contribution in [0.5, 0.6) is 0 Å². The molecule has 0 spiro atoms. The van der Waals surface area contributed by atoms with Crippen molar-refractivity contribution in [3.63, 3.8) is 0 Å². The van der Waals surface area contributed by atoms with Crippen LogP contribution in [0.2, 0.25) is 0 Å². The van der Waals surface area contributed by atoms with Crippen molar-refractivity contribution < 1.29 is 15.1 Å². The molecule has 4 aliphatic rings. The molecule has 4 rings (SSSR count). The largest absolute Gasteiger partial charge is 0.481 e. The van der Waals surface area contributed by atoms with Crippen LogP contribution in [0.1, 0.15) is 119 Å². The minimum absolute atomic E-state index is 0.0899. The first kappa shape index (κ1) is 26.7. The van der Waals surface area contributed by atoms with E-state index in [0.29, 0.717) is 24.2 Å². The molecule has 4 nitrogen and oxygen atoms in total. The van der Waals surface area contributed by atoms with Crippen molar-refractivity contribution in [2.75, 3.05) is 0 Å². The van der Waals surface area contributed by atoms with E-state index in [0.717, 1.165) is 41.7 Å². The van der Waals surface area contributed by atoms with Crippen molar-refractivity contribution in [3.05, 3.63) is 11.6 Å². The Balaban J connectivity index is 1.55. The molecule has 0 saturated heterocycles. The van der Waals surface area contributed by atoms with Gasteiger partial charge in [-0.25, -0.2) is 0 Å². The number of fused-ring (bicyclic) bond motifs is 5. The zero-order chi connectivity index (χ0) is 25.6. The summed E-state index contributed by atoms with van der Waals surface area (Å²) in [5.74, 6) is 3.95. The minimum Gasteiger partial charge on any atom is -0.481 e. The smallest absolute Gasteiger partial charge is 0.303 e. The summed E-state index contributed by atoms with van der Waals surface area (Å²) in [6, 6.07) is 0. The van der Waals surface area contributed by atoms with Gasteiger partial charge in [-0.15, -0.1) is 0 Å². The first-order valence-corrected chi connectivity index (χ1v) is 14.6. The Morgan fingerprint density at radius 3 is 2.51 bits per heavy atom. The van der Waals surface area contributed by atoms with Crippen LogP contribution >= 0.6 is 0 Å². The first-order valence-electron chi connectivity index (χ1n) is 14.6. The molecule has 198 valence electrons. The van der Waals surface area contributed by atoms with E-state index < -0.39 is 5.97 Å². The van der Waals surface area contributed by atoms with Crippen molar-refractivity contribution in [3.8, 4) is 0 Å². The average Bonchev–Trinajstić information content (AvgIpc) is 3.14. The molecule has 3 fully saturated rings. The summed E-state index contributed by atoms with van der Waals surface area (Å²) in [7, 11) is 0. The van der Waals surface area contributed by atoms with Gasteiger partial charge in [-0.05, 0) is 91.3 Å². The fourth-order valence-corrected chi connectivity index (χ4v) is 9.78. The summed E-state index contributed by atoms with van der Waals surface area (Å²) in [4.78, 5) is 11.4. The molecule has 0 aromatic carbocycles. The van der Waals surface area contributed by atoms with Crippen molar-refractivity contribution in [1.82, 2.24) is 0 Å². The lowest BCUT2D eigenvalue weighted by Gasteiger charge is -2.60. The van der Waals surface area contributed by atoms with Gasteiger partial charge < -0.3 is 10.3 Å². The maximum absolute atomic E-state index is 11.4. The lowest BCUT2D eigenvalue weighted by atomic mass is 9.44. The summed E-state index contributed by atoms with van der Waals surface area (Å²) < 4.78 is 0. The van der Waals surface area contributed by atoms with Crippen LogP contribution < -0.4 is 0 Å². The Labute approximate surface area is 214 Å². The van der Waals surface area contributed by atoms with Gasteiger partial charge in [0.05, 0.1) is 5.71 Å². The molecular formula is C31H51NO3. The average molecular weight is 486 g/mol. The number of carboxylic acid groups (broad SMARTS) is 1. The summed E-state index contributed by atoms with van der Waals surface area (Å²) in [5, 5.41) is 22.9. The molecule has 0 heterocycles. The summed E-state index contributed by atoms with van der Waals surface area (Å²) in [6.45, 7) is 14.5. The highest BCUT2D eigenvalue weighted by atomic mass is 16.4. The Kier molecular flexibility index (Phi) is 7.53. The van der Waals surface area contributed by atoms with Crippen molar-refractivity contribution in [2.45, 2.75) is 119 Å². The Hall–Kier alpha value is -1.32. The molecule has 2 N–H and O–H groups in total. The molecule has 0 radical (unpaired) electrons. The van der Waals surface area contributed by atoms with E-state index in [1.165, 1.54) is 56.9 Å². The van der Waals surface area contributed by atoms with E-state index in [2.05, 4.69) is 52.8 Å². The van der Waals surface area contributed by atoms with Crippen LogP contribution in [0.3, 0.4) is 0 Å². The highest BCUT2D eigenvalue weighted by molar-refractivity contribution is 5.93. The first-order chi connectivity index (χ1) is 16.4. The van der Waals surface area contributed by atoms with Gasteiger partial charge in [-0.3, -0.25) is 4.79 Å². The number of carboxylic acids is 1. The SMILES string of the molecule is CC(C)CCC[C@@H](C)[C@H]1CC[C@H]2[C@@H]3CC=C4C/C(=N/O)[C@](C)(CCC(=O)O)C[C@]4(C)[C@H]3CC[C@]12C. The normalized spacial score (nSPS) is 42.8. The maximum Gasteiger partial charge on any atom is 0.303 e.